The fraction of sp³-hybridized carbons (Fsp3) is 0.268. The van der Waals surface area contributed by atoms with Crippen molar-refractivity contribution in [1.29, 1.82) is 0 Å². The van der Waals surface area contributed by atoms with Crippen LogP contribution in [0, 0.1) is 6.92 Å². The molecular formula is C41H44N6O9S. The summed E-state index contributed by atoms with van der Waals surface area (Å²) in [5.74, 6) is -0.676. The number of pyridine rings is 1. The summed E-state index contributed by atoms with van der Waals surface area (Å²) < 4.78 is 38.9. The van der Waals surface area contributed by atoms with E-state index in [0.29, 0.717) is 70.1 Å². The number of aliphatic hydroxyl groups excluding tert-OH is 1. The Bertz CT molecular complexity index is 2440. The first kappa shape index (κ1) is 40.4. The van der Waals surface area contributed by atoms with E-state index in [9.17, 15) is 33.0 Å². The third kappa shape index (κ3) is 9.43. The molecule has 6 rings (SSSR count). The Labute approximate surface area is 329 Å². The lowest BCUT2D eigenvalue weighted by Crippen LogP contribution is -2.28. The van der Waals surface area contributed by atoms with Crippen LogP contribution in [0.15, 0.2) is 88.8 Å². The topological polar surface area (TPSA) is 231 Å². The van der Waals surface area contributed by atoms with Gasteiger partial charge in [0.05, 0.1) is 45.5 Å². The van der Waals surface area contributed by atoms with Crippen molar-refractivity contribution < 1.29 is 42.5 Å². The molecule has 16 heteroatoms. The van der Waals surface area contributed by atoms with Crippen molar-refractivity contribution in [3.8, 4) is 17.2 Å². The first-order valence-electron chi connectivity index (χ1n) is 18.3. The minimum absolute atomic E-state index is 0.0477. The minimum atomic E-state index is -4.14. The van der Waals surface area contributed by atoms with Crippen molar-refractivity contribution >= 4 is 55.5 Å². The molecular weight excluding hydrogens is 753 g/mol. The molecule has 0 spiro atoms. The molecule has 1 aliphatic heterocycles. The van der Waals surface area contributed by atoms with E-state index in [1.165, 1.54) is 55.8 Å². The number of benzene rings is 4. The quantitative estimate of drug-likeness (QED) is 0.0625. The van der Waals surface area contributed by atoms with E-state index in [1.807, 2.05) is 0 Å². The van der Waals surface area contributed by atoms with Crippen molar-refractivity contribution in [3.05, 3.63) is 101 Å². The highest BCUT2D eigenvalue weighted by atomic mass is 32.2. The highest BCUT2D eigenvalue weighted by Crippen LogP contribution is 2.39. The summed E-state index contributed by atoms with van der Waals surface area (Å²) in [4.78, 5) is 41.5. The van der Waals surface area contributed by atoms with Crippen LogP contribution in [0.25, 0.3) is 10.9 Å². The summed E-state index contributed by atoms with van der Waals surface area (Å²) in [7, 11) is -2.61. The summed E-state index contributed by atoms with van der Waals surface area (Å²) in [5, 5.41) is 32.9. The number of primary amides is 1. The van der Waals surface area contributed by atoms with Gasteiger partial charge in [-0.1, -0.05) is 25.0 Å². The molecule has 0 saturated heterocycles. The third-order valence-corrected chi connectivity index (χ3v) is 11.2. The smallest absolute Gasteiger partial charge is 0.262 e. The van der Waals surface area contributed by atoms with Gasteiger partial charge in [-0.25, -0.2) is 8.42 Å². The second-order valence-corrected chi connectivity index (χ2v) is 15.5. The number of amides is 3. The number of hydrogen-bond acceptors (Lipinski definition) is 12. The summed E-state index contributed by atoms with van der Waals surface area (Å²) in [6.07, 6.45) is 3.60. The van der Waals surface area contributed by atoms with Crippen LogP contribution in [0.2, 0.25) is 0 Å². The number of unbranched alkanes of at least 4 members (excludes halogenated alkanes) is 3. The molecule has 15 nitrogen and oxygen atoms in total. The Morgan fingerprint density at radius 2 is 1.77 bits per heavy atom. The maximum atomic E-state index is 14.0. The lowest BCUT2D eigenvalue weighted by molar-refractivity contribution is -0.118. The number of nitrogens with zero attached hydrogens (tertiary/aromatic N) is 1. The number of aromatic hydroxyl groups is 1. The van der Waals surface area contributed by atoms with Crippen molar-refractivity contribution in [2.75, 3.05) is 44.0 Å². The first-order chi connectivity index (χ1) is 27.3. The second-order valence-electron chi connectivity index (χ2n) is 13.6. The summed E-state index contributed by atoms with van der Waals surface area (Å²) in [6.45, 7) is 2.79. The molecule has 0 saturated carbocycles. The van der Waals surface area contributed by atoms with Crippen LogP contribution in [0.1, 0.15) is 63.6 Å². The summed E-state index contributed by atoms with van der Waals surface area (Å²) in [6, 6.07) is 18.6. The normalized spacial score (nSPS) is 12.9. The Kier molecular flexibility index (Phi) is 12.6. The third-order valence-electron chi connectivity index (χ3n) is 9.44. The molecule has 3 amide bonds. The number of phenolic OH excluding ortho intramolecular Hbond substituents is 1. The molecule has 0 radical (unpaired) electrons. The number of methoxy groups -OCH3 is 1. The van der Waals surface area contributed by atoms with Crippen LogP contribution in [0.5, 0.6) is 17.2 Å². The Morgan fingerprint density at radius 3 is 2.54 bits per heavy atom. The van der Waals surface area contributed by atoms with E-state index < -0.39 is 27.8 Å². The van der Waals surface area contributed by atoms with Gasteiger partial charge in [0.15, 0.2) is 6.61 Å². The Balaban J connectivity index is 1.03. The van der Waals surface area contributed by atoms with Gasteiger partial charge in [-0.15, -0.1) is 0 Å². The van der Waals surface area contributed by atoms with Crippen molar-refractivity contribution in [1.82, 2.24) is 15.6 Å². The molecule has 1 aromatic heterocycles. The number of aliphatic hydroxyl groups is 1. The number of nitrogens with two attached hydrogens (primary N) is 1. The lowest BCUT2D eigenvalue weighted by atomic mass is 10.0. The average molecular weight is 797 g/mol. The van der Waals surface area contributed by atoms with Gasteiger partial charge in [0.25, 0.3) is 17.7 Å². The van der Waals surface area contributed by atoms with Crippen LogP contribution in [0.3, 0.4) is 0 Å². The number of sulfone groups is 1. The van der Waals surface area contributed by atoms with Gasteiger partial charge in [-0.2, -0.15) is 0 Å². The van der Waals surface area contributed by atoms with E-state index >= 15 is 0 Å². The van der Waals surface area contributed by atoms with Crippen LogP contribution < -0.4 is 36.5 Å². The number of anilines is 3. The van der Waals surface area contributed by atoms with E-state index in [1.54, 1.807) is 37.3 Å². The van der Waals surface area contributed by atoms with Crippen LogP contribution >= 0.6 is 0 Å². The molecule has 2 heterocycles. The number of aryl methyl sites for hydroxylation is 1. The van der Waals surface area contributed by atoms with Crippen molar-refractivity contribution in [2.24, 2.45) is 5.73 Å². The highest BCUT2D eigenvalue weighted by molar-refractivity contribution is 7.91. The number of ether oxygens (including phenoxy) is 2. The standard InChI is InChI=1S/C41H44N6O9S/c1-24-15-30(20-32-37(24)45-21-33(40(42)51)38(32)46-26-10-8-11-28(17-26)55-2)57(53,54)29-12-7-9-25(16-29)41(52)44-14-6-4-3-5-13-43-22-35(49)31-18-27(48)19-34-39(31)56-23-36(50)47-34/h7-12,15-21,35,43,48-49H,3-6,13-14,22-23H2,1-2H3,(H2,42,51)(H,44,52)(H,45,46)(H,47,50). The molecule has 0 bridgehead atoms. The maximum absolute atomic E-state index is 14.0. The number of fused-ring (bicyclic) bond motifs is 2. The number of carbonyl (C=O) groups is 3. The zero-order valence-electron chi connectivity index (χ0n) is 31.4. The van der Waals surface area contributed by atoms with Gasteiger partial charge >= 0.3 is 0 Å². The maximum Gasteiger partial charge on any atom is 0.262 e. The summed E-state index contributed by atoms with van der Waals surface area (Å²) in [5.41, 5.74) is 8.57. The Hall–Kier alpha value is -6.23. The lowest BCUT2D eigenvalue weighted by Gasteiger charge is -2.23. The molecule has 0 aliphatic carbocycles. The number of rotatable bonds is 17. The fourth-order valence-corrected chi connectivity index (χ4v) is 7.97. The zero-order valence-corrected chi connectivity index (χ0v) is 32.2. The van der Waals surface area contributed by atoms with E-state index in [4.69, 9.17) is 15.2 Å². The monoisotopic (exact) mass is 796 g/mol. The largest absolute Gasteiger partial charge is 0.508 e. The molecule has 298 valence electrons. The van der Waals surface area contributed by atoms with Gasteiger partial charge in [-0.05, 0) is 80.4 Å². The molecule has 1 aliphatic rings. The van der Waals surface area contributed by atoms with E-state index in [2.05, 4.69) is 26.3 Å². The fourth-order valence-electron chi connectivity index (χ4n) is 6.55. The summed E-state index contributed by atoms with van der Waals surface area (Å²) >= 11 is 0. The van der Waals surface area contributed by atoms with Gasteiger partial charge in [0.1, 0.15) is 17.2 Å². The number of nitrogens with one attached hydrogen (secondary N) is 4. The minimum Gasteiger partial charge on any atom is -0.508 e. The predicted molar refractivity (Wildman–Crippen MR) is 214 cm³/mol. The molecule has 5 aromatic rings. The first-order valence-corrected chi connectivity index (χ1v) is 19.8. The number of aromatic nitrogens is 1. The number of hydrogen-bond donors (Lipinski definition) is 7. The molecule has 0 fully saturated rings. The van der Waals surface area contributed by atoms with Gasteiger partial charge in [0, 0.05) is 53.6 Å². The van der Waals surface area contributed by atoms with Crippen LogP contribution in [-0.4, -0.2) is 74.7 Å². The van der Waals surface area contributed by atoms with Crippen LogP contribution in [0.4, 0.5) is 17.1 Å². The number of carbonyl (C=O) groups excluding carboxylic acids is 3. The molecule has 1 unspecified atom stereocenters. The Morgan fingerprint density at radius 1 is 1.00 bits per heavy atom. The predicted octanol–water partition coefficient (Wildman–Crippen LogP) is 4.88. The van der Waals surface area contributed by atoms with E-state index in [0.717, 1.165) is 19.3 Å². The van der Waals surface area contributed by atoms with Crippen LogP contribution in [-0.2, 0) is 14.6 Å². The average Bonchev–Trinajstić information content (AvgIpc) is 3.19. The molecule has 8 N–H and O–H groups in total. The van der Waals surface area contributed by atoms with Crippen molar-refractivity contribution in [2.45, 2.75) is 48.5 Å². The van der Waals surface area contributed by atoms with E-state index in [-0.39, 0.29) is 45.7 Å². The second kappa shape index (κ2) is 17.7. The highest BCUT2D eigenvalue weighted by Gasteiger charge is 2.25. The number of phenols is 1. The van der Waals surface area contributed by atoms with Gasteiger partial charge < -0.3 is 46.7 Å². The SMILES string of the molecule is COc1cccc(Nc2c(C(N)=O)cnc3c(C)cc(S(=O)(=O)c4cccc(C(=O)NCCCCCCNCC(O)c5cc(O)cc6c5OCC(=O)N6)c4)cc23)c1. The van der Waals surface area contributed by atoms with Gasteiger partial charge in [-0.3, -0.25) is 19.4 Å². The van der Waals surface area contributed by atoms with Crippen molar-refractivity contribution in [3.63, 3.8) is 0 Å². The molecule has 57 heavy (non-hydrogen) atoms. The molecule has 4 aromatic carbocycles. The molecule has 1 atom stereocenters. The van der Waals surface area contributed by atoms with Gasteiger partial charge in [0.2, 0.25) is 9.84 Å². The zero-order chi connectivity index (χ0) is 40.7.